The Bertz CT molecular complexity index is 122. The fourth-order valence-electron chi connectivity index (χ4n) is 0.904. The van der Waals surface area contributed by atoms with Crippen LogP contribution < -0.4 is 0 Å². The van der Waals surface area contributed by atoms with Crippen LogP contribution in [-0.4, -0.2) is 25.7 Å². The molecule has 0 N–H and O–H groups in total. The van der Waals surface area contributed by atoms with Crippen LogP contribution in [0.15, 0.2) is 0 Å². The molecule has 0 rings (SSSR count). The predicted molar refractivity (Wildman–Crippen MR) is 42.3 cm³/mol. The molecule has 2 nitrogen and oxygen atoms in total. The molecule has 0 saturated carbocycles. The van der Waals surface area contributed by atoms with Crippen molar-refractivity contribution < 1.29 is 22.6 Å². The number of rotatable bonds is 7. The normalized spacial score (nSPS) is 16.2. The average molecular weight is 200 g/mol. The molecule has 2 atom stereocenters. The number of hydrogen-bond donors (Lipinski definition) is 0. The highest BCUT2D eigenvalue weighted by molar-refractivity contribution is 4.55. The standard InChI is InChI=1S/C8H15F3O2/c1-6(12-5-9)3-4-7(2)13-8(10)11/h6-8H,3-5H2,1-2H3. The molecular weight excluding hydrogens is 185 g/mol. The van der Waals surface area contributed by atoms with Crippen LogP contribution in [0.4, 0.5) is 13.2 Å². The maximum Gasteiger partial charge on any atom is 0.345 e. The van der Waals surface area contributed by atoms with Gasteiger partial charge in [-0.3, -0.25) is 0 Å². The van der Waals surface area contributed by atoms with E-state index in [2.05, 4.69) is 9.47 Å². The molecule has 0 aliphatic carbocycles. The van der Waals surface area contributed by atoms with E-state index in [0.717, 1.165) is 0 Å². The molecule has 0 heterocycles. The van der Waals surface area contributed by atoms with Gasteiger partial charge in [0.15, 0.2) is 6.86 Å². The van der Waals surface area contributed by atoms with E-state index >= 15 is 0 Å². The van der Waals surface area contributed by atoms with Gasteiger partial charge in [-0.15, -0.1) is 0 Å². The van der Waals surface area contributed by atoms with Gasteiger partial charge in [0.05, 0.1) is 12.2 Å². The van der Waals surface area contributed by atoms with Crippen LogP contribution in [0.2, 0.25) is 0 Å². The van der Waals surface area contributed by atoms with E-state index in [1.54, 1.807) is 13.8 Å². The zero-order chi connectivity index (χ0) is 10.3. The Kier molecular flexibility index (Phi) is 6.99. The lowest BCUT2D eigenvalue weighted by atomic mass is 10.1. The monoisotopic (exact) mass is 200 g/mol. The summed E-state index contributed by atoms with van der Waals surface area (Å²) < 4.78 is 43.7. The third-order valence-corrected chi connectivity index (χ3v) is 1.66. The third-order valence-electron chi connectivity index (χ3n) is 1.66. The molecule has 0 spiro atoms. The number of halogens is 3. The van der Waals surface area contributed by atoms with E-state index in [0.29, 0.717) is 12.8 Å². The molecule has 0 saturated heterocycles. The molecule has 0 fully saturated rings. The molecule has 0 aromatic heterocycles. The van der Waals surface area contributed by atoms with Crippen LogP contribution in [-0.2, 0) is 9.47 Å². The van der Waals surface area contributed by atoms with Crippen LogP contribution >= 0.6 is 0 Å². The summed E-state index contributed by atoms with van der Waals surface area (Å²) in [7, 11) is 0. The zero-order valence-electron chi connectivity index (χ0n) is 7.80. The quantitative estimate of drug-likeness (QED) is 0.629. The van der Waals surface area contributed by atoms with Crippen molar-refractivity contribution in [2.75, 3.05) is 6.86 Å². The van der Waals surface area contributed by atoms with E-state index in [4.69, 9.17) is 0 Å². The van der Waals surface area contributed by atoms with Gasteiger partial charge in [0.25, 0.3) is 0 Å². The summed E-state index contributed by atoms with van der Waals surface area (Å²) in [6, 6.07) is 0. The van der Waals surface area contributed by atoms with Crippen molar-refractivity contribution >= 4 is 0 Å². The first-order chi connectivity index (χ1) is 6.06. The predicted octanol–water partition coefficient (Wildman–Crippen LogP) is 2.73. The summed E-state index contributed by atoms with van der Waals surface area (Å²) in [6.07, 6.45) is 0.169. The highest BCUT2D eigenvalue weighted by atomic mass is 19.3. The molecule has 80 valence electrons. The maximum absolute atomic E-state index is 11.6. The van der Waals surface area contributed by atoms with Gasteiger partial charge in [-0.25, -0.2) is 4.39 Å². The average Bonchev–Trinajstić information content (AvgIpc) is 2.00. The molecule has 0 aromatic carbocycles. The van der Waals surface area contributed by atoms with Gasteiger partial charge in [0, 0.05) is 0 Å². The number of hydrogen-bond acceptors (Lipinski definition) is 2. The van der Waals surface area contributed by atoms with Crippen LogP contribution in [0.3, 0.4) is 0 Å². The molecule has 0 bridgehead atoms. The van der Waals surface area contributed by atoms with Crippen molar-refractivity contribution in [2.45, 2.75) is 45.5 Å². The SMILES string of the molecule is CC(CCC(C)OC(F)F)OCF. The van der Waals surface area contributed by atoms with Crippen molar-refractivity contribution in [1.82, 2.24) is 0 Å². The second-order valence-corrected chi connectivity index (χ2v) is 2.87. The summed E-state index contributed by atoms with van der Waals surface area (Å²) in [5.41, 5.74) is 0. The Morgan fingerprint density at radius 3 is 2.08 bits per heavy atom. The minimum absolute atomic E-state index is 0.256. The number of alkyl halides is 3. The lowest BCUT2D eigenvalue weighted by molar-refractivity contribution is -0.161. The summed E-state index contributed by atoms with van der Waals surface area (Å²) in [6.45, 7) is -0.346. The van der Waals surface area contributed by atoms with Crippen molar-refractivity contribution in [3.63, 3.8) is 0 Å². The van der Waals surface area contributed by atoms with Gasteiger partial charge >= 0.3 is 6.61 Å². The molecular formula is C8H15F3O2. The van der Waals surface area contributed by atoms with Crippen molar-refractivity contribution in [2.24, 2.45) is 0 Å². The molecule has 0 aliphatic rings. The van der Waals surface area contributed by atoms with Crippen LogP contribution in [0.5, 0.6) is 0 Å². The molecule has 13 heavy (non-hydrogen) atoms. The summed E-state index contributed by atoms with van der Waals surface area (Å²) in [5.74, 6) is 0. The summed E-state index contributed by atoms with van der Waals surface area (Å²) >= 11 is 0. The third kappa shape index (κ3) is 8.05. The number of ether oxygens (including phenoxy) is 2. The van der Waals surface area contributed by atoms with Crippen LogP contribution in [0, 0.1) is 0 Å². The minimum Gasteiger partial charge on any atom is -0.348 e. The highest BCUT2D eigenvalue weighted by Gasteiger charge is 2.11. The Hall–Kier alpha value is -0.290. The van der Waals surface area contributed by atoms with Gasteiger partial charge in [-0.1, -0.05) is 0 Å². The van der Waals surface area contributed by atoms with E-state index in [1.165, 1.54) is 0 Å². The molecule has 2 unspecified atom stereocenters. The Balaban J connectivity index is 3.40. The van der Waals surface area contributed by atoms with Gasteiger partial charge < -0.3 is 9.47 Å². The first kappa shape index (κ1) is 12.7. The van der Waals surface area contributed by atoms with Gasteiger partial charge in [-0.2, -0.15) is 8.78 Å². The van der Waals surface area contributed by atoms with Gasteiger partial charge in [0.2, 0.25) is 0 Å². The van der Waals surface area contributed by atoms with E-state index in [-0.39, 0.29) is 6.10 Å². The van der Waals surface area contributed by atoms with E-state index < -0.39 is 19.6 Å². The van der Waals surface area contributed by atoms with E-state index in [9.17, 15) is 13.2 Å². The van der Waals surface area contributed by atoms with Crippen molar-refractivity contribution in [3.05, 3.63) is 0 Å². The van der Waals surface area contributed by atoms with Crippen molar-refractivity contribution in [1.29, 1.82) is 0 Å². The highest BCUT2D eigenvalue weighted by Crippen LogP contribution is 2.10. The first-order valence-electron chi connectivity index (χ1n) is 4.17. The smallest absolute Gasteiger partial charge is 0.345 e. The van der Waals surface area contributed by atoms with Crippen LogP contribution in [0.1, 0.15) is 26.7 Å². The Morgan fingerprint density at radius 1 is 1.08 bits per heavy atom. The molecule has 0 amide bonds. The second kappa shape index (κ2) is 7.15. The topological polar surface area (TPSA) is 18.5 Å². The summed E-state index contributed by atoms with van der Waals surface area (Å²) in [5, 5.41) is 0. The Morgan fingerprint density at radius 2 is 1.62 bits per heavy atom. The van der Waals surface area contributed by atoms with E-state index in [1.807, 2.05) is 0 Å². The largest absolute Gasteiger partial charge is 0.348 e. The van der Waals surface area contributed by atoms with Gasteiger partial charge in [-0.05, 0) is 26.7 Å². The summed E-state index contributed by atoms with van der Waals surface area (Å²) in [4.78, 5) is 0. The van der Waals surface area contributed by atoms with Crippen molar-refractivity contribution in [3.8, 4) is 0 Å². The molecule has 0 radical (unpaired) electrons. The maximum atomic E-state index is 11.6. The molecule has 0 aliphatic heterocycles. The lowest BCUT2D eigenvalue weighted by Crippen LogP contribution is -2.16. The first-order valence-corrected chi connectivity index (χ1v) is 4.17. The van der Waals surface area contributed by atoms with Crippen LogP contribution in [0.25, 0.3) is 0 Å². The fraction of sp³-hybridized carbons (Fsp3) is 1.00. The fourth-order valence-corrected chi connectivity index (χ4v) is 0.904. The molecule has 5 heteroatoms. The lowest BCUT2D eigenvalue weighted by Gasteiger charge is -2.14. The molecule has 0 aromatic rings. The zero-order valence-corrected chi connectivity index (χ0v) is 7.80. The van der Waals surface area contributed by atoms with Gasteiger partial charge in [0.1, 0.15) is 0 Å². The second-order valence-electron chi connectivity index (χ2n) is 2.87. The minimum atomic E-state index is -2.74. The Labute approximate surface area is 76.0 Å².